The van der Waals surface area contributed by atoms with Crippen LogP contribution in [-0.4, -0.2) is 47.7 Å². The molecule has 2 aromatic carbocycles. The molecular weight excluding hydrogens is 466 g/mol. The minimum Gasteiger partial charge on any atom is -0.344 e. The molecule has 0 bridgehead atoms. The Bertz CT molecular complexity index is 1360. The number of benzene rings is 2. The van der Waals surface area contributed by atoms with Crippen LogP contribution in [-0.2, 0) is 20.8 Å². The normalized spacial score (nSPS) is 15.8. The molecule has 1 unspecified atom stereocenters. The number of carbonyl (C=O) groups is 3. The van der Waals surface area contributed by atoms with Crippen LogP contribution in [0.25, 0.3) is 0 Å². The fourth-order valence-corrected chi connectivity index (χ4v) is 4.59. The molecule has 1 aromatic heterocycles. The number of likely N-dealkylation sites (N-methyl/N-ethyl adjacent to an activating group) is 1. The highest BCUT2D eigenvalue weighted by molar-refractivity contribution is 6.19. The van der Waals surface area contributed by atoms with Crippen molar-refractivity contribution in [3.05, 3.63) is 94.3 Å². The van der Waals surface area contributed by atoms with E-state index in [9.17, 15) is 14.4 Å². The first-order valence-electron chi connectivity index (χ1n) is 12.2. The maximum atomic E-state index is 13.3. The summed E-state index contributed by atoms with van der Waals surface area (Å²) in [6.07, 6.45) is 0.639. The summed E-state index contributed by atoms with van der Waals surface area (Å²) in [5.41, 5.74) is 6.64. The highest BCUT2D eigenvalue weighted by Gasteiger charge is 2.32. The van der Waals surface area contributed by atoms with Gasteiger partial charge in [-0.25, -0.2) is 4.99 Å². The molecule has 190 valence electrons. The summed E-state index contributed by atoms with van der Waals surface area (Å²) >= 11 is 0. The fraction of sp³-hybridized carbons (Fsp3) is 0.276. The number of aromatic nitrogens is 1. The van der Waals surface area contributed by atoms with Crippen LogP contribution in [0.5, 0.6) is 0 Å². The van der Waals surface area contributed by atoms with E-state index < -0.39 is 24.0 Å². The number of rotatable bonds is 6. The van der Waals surface area contributed by atoms with E-state index in [1.807, 2.05) is 69.3 Å². The lowest BCUT2D eigenvalue weighted by Gasteiger charge is -2.22. The first kappa shape index (κ1) is 25.8. The molecule has 1 aliphatic rings. The fourth-order valence-electron chi connectivity index (χ4n) is 4.59. The maximum Gasteiger partial charge on any atom is 0.272 e. The van der Waals surface area contributed by atoms with Crippen LogP contribution in [0, 0.1) is 20.8 Å². The lowest BCUT2D eigenvalue weighted by atomic mass is 9.97. The van der Waals surface area contributed by atoms with Crippen LogP contribution in [0.1, 0.15) is 40.4 Å². The lowest BCUT2D eigenvalue weighted by molar-refractivity contribution is -0.130. The number of pyridine rings is 1. The van der Waals surface area contributed by atoms with E-state index in [-0.39, 0.29) is 12.3 Å². The number of nitrogens with zero attached hydrogens (tertiary/aromatic N) is 3. The molecule has 8 nitrogen and oxygen atoms in total. The zero-order chi connectivity index (χ0) is 26.7. The monoisotopic (exact) mass is 497 g/mol. The Labute approximate surface area is 216 Å². The smallest absolute Gasteiger partial charge is 0.272 e. The van der Waals surface area contributed by atoms with Crippen LogP contribution in [0.15, 0.2) is 65.8 Å². The van der Waals surface area contributed by atoms with E-state index in [1.165, 1.54) is 4.90 Å². The predicted molar refractivity (Wildman–Crippen MR) is 144 cm³/mol. The first-order valence-corrected chi connectivity index (χ1v) is 12.2. The Kier molecular flexibility index (Phi) is 7.47. The van der Waals surface area contributed by atoms with Crippen molar-refractivity contribution in [2.75, 3.05) is 11.9 Å². The summed E-state index contributed by atoms with van der Waals surface area (Å²) < 4.78 is 0. The number of aliphatic imine (C=N–C) groups is 1. The van der Waals surface area contributed by atoms with Crippen LogP contribution < -0.4 is 15.5 Å². The average Bonchev–Trinajstić information content (AvgIpc) is 2.97. The number of aryl methyl sites for hydroxylation is 3. The predicted octanol–water partition coefficient (Wildman–Crippen LogP) is 3.01. The molecule has 0 aliphatic carbocycles. The number of nitrogens with one attached hydrogen (secondary N) is 2. The minimum atomic E-state index is -1.18. The first-order chi connectivity index (χ1) is 17.7. The van der Waals surface area contributed by atoms with E-state index in [4.69, 9.17) is 0 Å². The quantitative estimate of drug-likeness (QED) is 0.546. The maximum absolute atomic E-state index is 13.3. The van der Waals surface area contributed by atoms with Gasteiger partial charge in [-0.05, 0) is 62.6 Å². The van der Waals surface area contributed by atoms with Crippen LogP contribution >= 0.6 is 0 Å². The zero-order valence-electron chi connectivity index (χ0n) is 21.7. The van der Waals surface area contributed by atoms with Crippen LogP contribution in [0.3, 0.4) is 0 Å². The summed E-state index contributed by atoms with van der Waals surface area (Å²) in [5.74, 6) is -1.17. The van der Waals surface area contributed by atoms with Crippen molar-refractivity contribution in [1.29, 1.82) is 0 Å². The van der Waals surface area contributed by atoms with E-state index in [0.717, 1.165) is 27.8 Å². The van der Waals surface area contributed by atoms with Crippen molar-refractivity contribution in [3.63, 3.8) is 0 Å². The van der Waals surface area contributed by atoms with Crippen molar-refractivity contribution in [3.8, 4) is 0 Å². The van der Waals surface area contributed by atoms with Crippen molar-refractivity contribution >= 4 is 29.1 Å². The number of amides is 3. The summed E-state index contributed by atoms with van der Waals surface area (Å²) in [5, 5.41) is 5.46. The van der Waals surface area contributed by atoms with Gasteiger partial charge in [-0.3, -0.25) is 19.4 Å². The standard InChI is InChI=1S/C29H31N5O3/c1-17-14-18(2)22(19(3)15-17)16-25(35)31-20(4)28(36)33-27-29(37)34(5)24-12-7-6-10-21(24)26(32-27)23-11-8-9-13-30-23/h6-15,20,27H,16H2,1-5H3,(H,31,35)(H,33,36)/t20-,27?/m0/s1. The van der Waals surface area contributed by atoms with Crippen molar-refractivity contribution in [2.24, 2.45) is 4.99 Å². The molecular formula is C29H31N5O3. The van der Waals surface area contributed by atoms with Gasteiger partial charge in [0.05, 0.1) is 23.5 Å². The van der Waals surface area contributed by atoms with E-state index in [0.29, 0.717) is 17.1 Å². The number of benzodiazepines with no additional fused rings is 1. The van der Waals surface area contributed by atoms with Gasteiger partial charge in [0.1, 0.15) is 6.04 Å². The molecule has 0 saturated carbocycles. The lowest BCUT2D eigenvalue weighted by Crippen LogP contribution is -2.52. The largest absolute Gasteiger partial charge is 0.344 e. The van der Waals surface area contributed by atoms with Crippen LogP contribution in [0.4, 0.5) is 5.69 Å². The van der Waals surface area contributed by atoms with Gasteiger partial charge < -0.3 is 15.5 Å². The second-order valence-electron chi connectivity index (χ2n) is 9.36. The summed E-state index contributed by atoms with van der Waals surface area (Å²) in [6.45, 7) is 7.55. The number of anilines is 1. The topological polar surface area (TPSA) is 104 Å². The molecule has 4 rings (SSSR count). The Morgan fingerprint density at radius 2 is 1.70 bits per heavy atom. The second kappa shape index (κ2) is 10.7. The van der Waals surface area contributed by atoms with Gasteiger partial charge in [0.2, 0.25) is 18.0 Å². The molecule has 8 heteroatoms. The second-order valence-corrected chi connectivity index (χ2v) is 9.36. The number of hydrogen-bond acceptors (Lipinski definition) is 5. The highest BCUT2D eigenvalue weighted by Crippen LogP contribution is 2.26. The third kappa shape index (κ3) is 5.58. The average molecular weight is 498 g/mol. The van der Waals surface area contributed by atoms with Gasteiger partial charge in [0.15, 0.2) is 0 Å². The van der Waals surface area contributed by atoms with Gasteiger partial charge in [-0.15, -0.1) is 0 Å². The van der Waals surface area contributed by atoms with Gasteiger partial charge in [-0.2, -0.15) is 0 Å². The van der Waals surface area contributed by atoms with Crippen LogP contribution in [0.2, 0.25) is 0 Å². The highest BCUT2D eigenvalue weighted by atomic mass is 16.2. The molecule has 0 saturated heterocycles. The Morgan fingerprint density at radius 1 is 1.03 bits per heavy atom. The molecule has 0 spiro atoms. The molecule has 3 amide bonds. The third-order valence-corrected chi connectivity index (χ3v) is 6.48. The molecule has 3 aromatic rings. The molecule has 1 aliphatic heterocycles. The number of hydrogen-bond donors (Lipinski definition) is 2. The number of fused-ring (bicyclic) bond motifs is 1. The van der Waals surface area contributed by atoms with Gasteiger partial charge >= 0.3 is 0 Å². The molecule has 37 heavy (non-hydrogen) atoms. The molecule has 2 N–H and O–H groups in total. The Hall–Kier alpha value is -4.33. The Morgan fingerprint density at radius 3 is 2.38 bits per heavy atom. The minimum absolute atomic E-state index is 0.165. The van der Waals surface area contributed by atoms with E-state index in [2.05, 4.69) is 20.6 Å². The number of carbonyl (C=O) groups excluding carboxylic acids is 3. The van der Waals surface area contributed by atoms with Crippen molar-refractivity contribution < 1.29 is 14.4 Å². The number of para-hydroxylation sites is 1. The third-order valence-electron chi connectivity index (χ3n) is 6.48. The van der Waals surface area contributed by atoms with E-state index >= 15 is 0 Å². The van der Waals surface area contributed by atoms with Crippen molar-refractivity contribution in [2.45, 2.75) is 46.3 Å². The van der Waals surface area contributed by atoms with E-state index in [1.54, 1.807) is 26.2 Å². The molecule has 2 atom stereocenters. The Balaban J connectivity index is 1.54. The summed E-state index contributed by atoms with van der Waals surface area (Å²) in [4.78, 5) is 49.7. The van der Waals surface area contributed by atoms with Crippen molar-refractivity contribution in [1.82, 2.24) is 15.6 Å². The zero-order valence-corrected chi connectivity index (χ0v) is 21.7. The molecule has 2 heterocycles. The van der Waals surface area contributed by atoms with Gasteiger partial charge in [-0.1, -0.05) is 42.0 Å². The summed E-state index contributed by atoms with van der Waals surface area (Å²) in [6, 6.07) is 16.1. The van der Waals surface area contributed by atoms with Gasteiger partial charge in [0, 0.05) is 18.8 Å². The summed E-state index contributed by atoms with van der Waals surface area (Å²) in [7, 11) is 1.65. The molecule has 0 radical (unpaired) electrons. The molecule has 0 fully saturated rings. The SMILES string of the molecule is Cc1cc(C)c(CC(=O)N[C@@H](C)C(=O)NC2N=C(c3ccccn3)c3ccccc3N(C)C2=O)c(C)c1. The van der Waals surface area contributed by atoms with Gasteiger partial charge in [0.25, 0.3) is 5.91 Å².